The van der Waals surface area contributed by atoms with E-state index in [0.717, 1.165) is 38.0 Å². The van der Waals surface area contributed by atoms with Gasteiger partial charge in [-0.3, -0.25) is 4.79 Å². The molecule has 2 heterocycles. The largest absolute Gasteiger partial charge is 0.365 e. The number of hydrogen-bond acceptors (Lipinski definition) is 4. The van der Waals surface area contributed by atoms with Crippen LogP contribution in [0.3, 0.4) is 0 Å². The molecular formula is C15H25BrN4O. The number of hydrogen-bond donors (Lipinski definition) is 1. The average Bonchev–Trinajstić information content (AvgIpc) is 2.50. The second kappa shape index (κ2) is 7.94. The lowest BCUT2D eigenvalue weighted by Gasteiger charge is -2.37. The fraction of sp³-hybridized carbons (Fsp3) is 0.733. The minimum absolute atomic E-state index is 0.0188. The van der Waals surface area contributed by atoms with Crippen molar-refractivity contribution in [2.45, 2.75) is 51.6 Å². The van der Waals surface area contributed by atoms with Gasteiger partial charge in [-0.15, -0.1) is 0 Å². The van der Waals surface area contributed by atoms with Crippen LogP contribution in [0.4, 0.5) is 5.69 Å². The van der Waals surface area contributed by atoms with Crippen LogP contribution in [0.25, 0.3) is 0 Å². The van der Waals surface area contributed by atoms with E-state index in [1.54, 1.807) is 4.68 Å². The van der Waals surface area contributed by atoms with Gasteiger partial charge in [0.2, 0.25) is 0 Å². The highest BCUT2D eigenvalue weighted by molar-refractivity contribution is 9.10. The smallest absolute Gasteiger partial charge is 0.283 e. The summed E-state index contributed by atoms with van der Waals surface area (Å²) in [5.41, 5.74) is 0.919. The predicted molar refractivity (Wildman–Crippen MR) is 90.0 cm³/mol. The highest BCUT2D eigenvalue weighted by Gasteiger charge is 2.25. The zero-order valence-electron chi connectivity index (χ0n) is 12.9. The Kier molecular flexibility index (Phi) is 6.23. The minimum Gasteiger partial charge on any atom is -0.365 e. The molecule has 21 heavy (non-hydrogen) atoms. The Balaban J connectivity index is 2.26. The Bertz CT molecular complexity index is 515. The lowest BCUT2D eigenvalue weighted by Crippen LogP contribution is -2.46. The second-order valence-electron chi connectivity index (χ2n) is 5.63. The number of nitrogens with one attached hydrogen (secondary N) is 1. The summed E-state index contributed by atoms with van der Waals surface area (Å²) in [7, 11) is 1.98. The third-order valence-electron chi connectivity index (χ3n) is 4.07. The Morgan fingerprint density at radius 1 is 1.48 bits per heavy atom. The molecule has 0 spiro atoms. The number of rotatable bonds is 6. The number of piperidine rings is 1. The van der Waals surface area contributed by atoms with Gasteiger partial charge < -0.3 is 10.2 Å². The predicted octanol–water partition coefficient (Wildman–Crippen LogP) is 2.38. The molecule has 0 radical (unpaired) electrons. The zero-order chi connectivity index (χ0) is 15.2. The summed E-state index contributed by atoms with van der Waals surface area (Å²) in [6.45, 7) is 4.73. The Morgan fingerprint density at radius 3 is 3.00 bits per heavy atom. The molecule has 0 aromatic carbocycles. The molecule has 0 amide bonds. The first-order valence-electron chi connectivity index (χ1n) is 7.86. The van der Waals surface area contributed by atoms with Gasteiger partial charge in [0.15, 0.2) is 0 Å². The number of aryl methyl sites for hydroxylation is 1. The maximum absolute atomic E-state index is 12.4. The molecule has 1 aliphatic heterocycles. The van der Waals surface area contributed by atoms with Crippen LogP contribution < -0.4 is 15.8 Å². The SMILES string of the molecule is CCCCn1ncc(N2CCCCC2CNC)c(Br)c1=O. The van der Waals surface area contributed by atoms with Gasteiger partial charge in [0.25, 0.3) is 5.56 Å². The molecule has 1 fully saturated rings. The standard InChI is InChI=1S/C15H25BrN4O/c1-3-4-9-20-15(21)14(16)13(11-18-20)19-8-6-5-7-12(19)10-17-2/h11-12,17H,3-10H2,1-2H3. The molecule has 1 N–H and O–H groups in total. The number of anilines is 1. The average molecular weight is 357 g/mol. The van der Waals surface area contributed by atoms with Crippen LogP contribution in [0, 0.1) is 0 Å². The van der Waals surface area contributed by atoms with Gasteiger partial charge in [0.1, 0.15) is 4.47 Å². The lowest BCUT2D eigenvalue weighted by atomic mass is 10.0. The van der Waals surface area contributed by atoms with Gasteiger partial charge in [-0.2, -0.15) is 5.10 Å². The molecule has 6 heteroatoms. The molecule has 2 rings (SSSR count). The Labute approximate surface area is 134 Å². The van der Waals surface area contributed by atoms with Crippen molar-refractivity contribution in [3.05, 3.63) is 21.0 Å². The topological polar surface area (TPSA) is 50.2 Å². The summed E-state index contributed by atoms with van der Waals surface area (Å²) in [6.07, 6.45) is 7.46. The molecule has 1 aliphatic rings. The summed E-state index contributed by atoms with van der Waals surface area (Å²) in [6, 6.07) is 0.438. The van der Waals surface area contributed by atoms with Crippen molar-refractivity contribution in [1.82, 2.24) is 15.1 Å². The van der Waals surface area contributed by atoms with E-state index in [9.17, 15) is 4.79 Å². The van der Waals surface area contributed by atoms with E-state index < -0.39 is 0 Å². The molecular weight excluding hydrogens is 332 g/mol. The number of halogens is 1. The number of likely N-dealkylation sites (N-methyl/N-ethyl adjacent to an activating group) is 1. The Hall–Kier alpha value is -0.880. The van der Waals surface area contributed by atoms with Crippen LogP contribution in [0.5, 0.6) is 0 Å². The number of aromatic nitrogens is 2. The van der Waals surface area contributed by atoms with E-state index >= 15 is 0 Å². The summed E-state index contributed by atoms with van der Waals surface area (Å²) < 4.78 is 2.21. The summed E-state index contributed by atoms with van der Waals surface area (Å²) in [5, 5.41) is 7.61. The molecule has 1 atom stereocenters. The van der Waals surface area contributed by atoms with Crippen molar-refractivity contribution in [2.24, 2.45) is 0 Å². The van der Waals surface area contributed by atoms with Crippen molar-refractivity contribution in [3.8, 4) is 0 Å². The van der Waals surface area contributed by atoms with Crippen LogP contribution in [0.15, 0.2) is 15.5 Å². The molecule has 0 bridgehead atoms. The summed E-state index contributed by atoms with van der Waals surface area (Å²) >= 11 is 3.50. The maximum atomic E-state index is 12.4. The molecule has 0 saturated carbocycles. The van der Waals surface area contributed by atoms with Gasteiger partial charge in [-0.25, -0.2) is 4.68 Å². The van der Waals surface area contributed by atoms with Gasteiger partial charge in [0, 0.05) is 25.7 Å². The van der Waals surface area contributed by atoms with Crippen LogP contribution >= 0.6 is 15.9 Å². The fourth-order valence-electron chi connectivity index (χ4n) is 2.89. The quantitative estimate of drug-likeness (QED) is 0.849. The first kappa shape index (κ1) is 16.5. The molecule has 5 nitrogen and oxygen atoms in total. The summed E-state index contributed by atoms with van der Waals surface area (Å²) in [5.74, 6) is 0. The fourth-order valence-corrected chi connectivity index (χ4v) is 3.42. The van der Waals surface area contributed by atoms with Crippen molar-refractivity contribution < 1.29 is 0 Å². The molecule has 1 aromatic rings. The van der Waals surface area contributed by atoms with E-state index in [1.165, 1.54) is 12.8 Å². The molecule has 1 unspecified atom stereocenters. The van der Waals surface area contributed by atoms with Crippen molar-refractivity contribution in [2.75, 3.05) is 25.0 Å². The van der Waals surface area contributed by atoms with Crippen LogP contribution in [-0.2, 0) is 6.54 Å². The van der Waals surface area contributed by atoms with E-state index in [0.29, 0.717) is 17.1 Å². The van der Waals surface area contributed by atoms with E-state index in [1.807, 2.05) is 13.2 Å². The molecule has 118 valence electrons. The van der Waals surface area contributed by atoms with Gasteiger partial charge in [-0.1, -0.05) is 13.3 Å². The zero-order valence-corrected chi connectivity index (χ0v) is 14.5. The van der Waals surface area contributed by atoms with Gasteiger partial charge in [-0.05, 0) is 48.7 Å². The van der Waals surface area contributed by atoms with Crippen LogP contribution in [0.2, 0.25) is 0 Å². The number of nitrogens with zero attached hydrogens (tertiary/aromatic N) is 3. The van der Waals surface area contributed by atoms with Crippen molar-refractivity contribution in [1.29, 1.82) is 0 Å². The molecule has 0 aliphatic carbocycles. The first-order chi connectivity index (χ1) is 10.2. The van der Waals surface area contributed by atoms with E-state index in [-0.39, 0.29) is 5.56 Å². The van der Waals surface area contributed by atoms with E-state index in [2.05, 4.69) is 38.2 Å². The van der Waals surface area contributed by atoms with Crippen LogP contribution in [-0.4, -0.2) is 36.0 Å². The second-order valence-corrected chi connectivity index (χ2v) is 6.42. The molecule has 1 saturated heterocycles. The van der Waals surface area contributed by atoms with E-state index in [4.69, 9.17) is 0 Å². The minimum atomic E-state index is -0.0188. The first-order valence-corrected chi connectivity index (χ1v) is 8.65. The lowest BCUT2D eigenvalue weighted by molar-refractivity contribution is 0.443. The highest BCUT2D eigenvalue weighted by Crippen LogP contribution is 2.28. The normalized spacial score (nSPS) is 19.0. The number of unbranched alkanes of at least 4 members (excludes halogenated alkanes) is 1. The van der Waals surface area contributed by atoms with Crippen molar-refractivity contribution in [3.63, 3.8) is 0 Å². The monoisotopic (exact) mass is 356 g/mol. The Morgan fingerprint density at radius 2 is 2.29 bits per heavy atom. The van der Waals surface area contributed by atoms with Gasteiger partial charge >= 0.3 is 0 Å². The third kappa shape index (κ3) is 3.86. The highest BCUT2D eigenvalue weighted by atomic mass is 79.9. The summed E-state index contributed by atoms with van der Waals surface area (Å²) in [4.78, 5) is 14.7. The van der Waals surface area contributed by atoms with Crippen LogP contribution in [0.1, 0.15) is 39.0 Å². The third-order valence-corrected chi connectivity index (χ3v) is 4.81. The maximum Gasteiger partial charge on any atom is 0.283 e. The van der Waals surface area contributed by atoms with Crippen molar-refractivity contribution >= 4 is 21.6 Å². The molecule has 1 aromatic heterocycles. The van der Waals surface area contributed by atoms with Gasteiger partial charge in [0.05, 0.1) is 11.9 Å².